The minimum Gasteiger partial charge on any atom is -0.466 e. The van der Waals surface area contributed by atoms with Crippen LogP contribution in [0, 0.1) is 0 Å². The second-order valence-corrected chi connectivity index (χ2v) is 7.05. The molecule has 1 aliphatic heterocycles. The molecular weight excluding hydrogens is 338 g/mol. The Hall–Kier alpha value is -1.97. The summed E-state index contributed by atoms with van der Waals surface area (Å²) >= 11 is 0. The largest absolute Gasteiger partial charge is 0.466 e. The molecule has 0 unspecified atom stereocenters. The van der Waals surface area contributed by atoms with E-state index in [0.29, 0.717) is 26.3 Å². The second kappa shape index (κ2) is 7.73. The molecule has 0 N–H and O–H groups in total. The number of carbonyl (C=O) groups excluding carboxylic acids is 2. The number of nitrogens with zero attached hydrogens (tertiary/aromatic N) is 1. The molecule has 0 spiro atoms. The van der Waals surface area contributed by atoms with Crippen LogP contribution in [0.4, 0.5) is 0 Å². The Balaban J connectivity index is 2.09. The number of hydrogen-bond donors (Lipinski definition) is 0. The van der Waals surface area contributed by atoms with Crippen LogP contribution in [0.5, 0.6) is 0 Å². The summed E-state index contributed by atoms with van der Waals surface area (Å²) in [4.78, 5) is 23.3. The van der Waals surface area contributed by atoms with Gasteiger partial charge in [0.05, 0.1) is 30.8 Å². The highest BCUT2D eigenvalue weighted by Gasteiger charge is 2.26. The fourth-order valence-electron chi connectivity index (χ4n) is 2.14. The Morgan fingerprint density at radius 2 is 1.75 bits per heavy atom. The van der Waals surface area contributed by atoms with Crippen LogP contribution in [0.1, 0.15) is 17.3 Å². The molecule has 0 aromatic heterocycles. The van der Waals surface area contributed by atoms with Crippen molar-refractivity contribution in [2.75, 3.05) is 33.4 Å². The first-order chi connectivity index (χ1) is 11.4. The summed E-state index contributed by atoms with van der Waals surface area (Å²) in [6, 6.07) is 5.37. The van der Waals surface area contributed by atoms with Crippen molar-refractivity contribution in [3.8, 4) is 0 Å². The van der Waals surface area contributed by atoms with Crippen molar-refractivity contribution >= 4 is 22.0 Å². The van der Waals surface area contributed by atoms with Crippen LogP contribution in [0.15, 0.2) is 29.2 Å². The molecule has 0 aliphatic carbocycles. The predicted octanol–water partition coefficient (Wildman–Crippen LogP) is 0.426. The van der Waals surface area contributed by atoms with Gasteiger partial charge in [0.25, 0.3) is 0 Å². The fraction of sp³-hybridized carbons (Fsp3) is 0.467. The lowest BCUT2D eigenvalue weighted by Gasteiger charge is -2.26. The molecule has 0 saturated carbocycles. The molecule has 1 saturated heterocycles. The van der Waals surface area contributed by atoms with E-state index in [1.165, 1.54) is 42.6 Å². The zero-order valence-corrected chi connectivity index (χ0v) is 14.2. The van der Waals surface area contributed by atoms with Gasteiger partial charge in [-0.05, 0) is 31.2 Å². The monoisotopic (exact) mass is 357 g/mol. The summed E-state index contributed by atoms with van der Waals surface area (Å²) in [6.45, 7) is 2.69. The Labute approximate surface area is 140 Å². The number of ether oxygens (including phenoxy) is 3. The zero-order chi connectivity index (χ0) is 17.7. The summed E-state index contributed by atoms with van der Waals surface area (Å²) < 4.78 is 40.8. The molecule has 2 rings (SSSR count). The van der Waals surface area contributed by atoms with E-state index in [1.807, 2.05) is 0 Å². The van der Waals surface area contributed by atoms with Gasteiger partial charge < -0.3 is 14.2 Å². The number of morpholine rings is 1. The average molecular weight is 357 g/mol. The Morgan fingerprint density at radius 1 is 1.17 bits per heavy atom. The number of rotatable bonds is 5. The van der Waals surface area contributed by atoms with E-state index in [2.05, 4.69) is 4.74 Å². The number of esters is 2. The molecule has 1 aromatic rings. The van der Waals surface area contributed by atoms with Crippen LogP contribution < -0.4 is 0 Å². The SMILES string of the molecule is COC(=O)[C@H](C)OC(=O)c1ccc(S(=O)(=O)N2CCOCC2)cc1. The minimum absolute atomic E-state index is 0.0852. The quantitative estimate of drug-likeness (QED) is 0.704. The summed E-state index contributed by atoms with van der Waals surface area (Å²) in [5.41, 5.74) is 0.145. The molecule has 1 aliphatic rings. The van der Waals surface area contributed by atoms with Gasteiger partial charge >= 0.3 is 11.9 Å². The topological polar surface area (TPSA) is 99.2 Å². The highest BCUT2D eigenvalue weighted by atomic mass is 32.2. The highest BCUT2D eigenvalue weighted by Crippen LogP contribution is 2.18. The van der Waals surface area contributed by atoms with Gasteiger partial charge in [-0.25, -0.2) is 18.0 Å². The van der Waals surface area contributed by atoms with Crippen molar-refractivity contribution in [2.45, 2.75) is 17.9 Å². The molecule has 0 bridgehead atoms. The Kier molecular flexibility index (Phi) is 5.92. The van der Waals surface area contributed by atoms with E-state index < -0.39 is 28.1 Å². The van der Waals surface area contributed by atoms with Gasteiger partial charge in [0.15, 0.2) is 6.10 Å². The molecule has 9 heteroatoms. The van der Waals surface area contributed by atoms with Crippen molar-refractivity contribution in [2.24, 2.45) is 0 Å². The van der Waals surface area contributed by atoms with Crippen LogP contribution in [-0.2, 0) is 29.0 Å². The van der Waals surface area contributed by atoms with Crippen LogP contribution >= 0.6 is 0 Å². The van der Waals surface area contributed by atoms with Gasteiger partial charge in [0.1, 0.15) is 0 Å². The third-order valence-corrected chi connectivity index (χ3v) is 5.43. The molecule has 1 aromatic carbocycles. The number of sulfonamides is 1. The molecule has 1 fully saturated rings. The maximum absolute atomic E-state index is 12.5. The first-order valence-electron chi connectivity index (χ1n) is 7.33. The standard InChI is InChI=1S/C15H19NO7S/c1-11(14(17)21-2)23-15(18)12-3-5-13(6-4-12)24(19,20)16-7-9-22-10-8-16/h3-6,11H,7-10H2,1-2H3/t11-/m0/s1. The van der Waals surface area contributed by atoms with Crippen LogP contribution in [0.25, 0.3) is 0 Å². The summed E-state index contributed by atoms with van der Waals surface area (Å²) in [6.07, 6.45) is -1.04. The zero-order valence-electron chi connectivity index (χ0n) is 13.4. The molecule has 1 atom stereocenters. The molecule has 0 radical (unpaired) electrons. The highest BCUT2D eigenvalue weighted by molar-refractivity contribution is 7.89. The average Bonchev–Trinajstić information content (AvgIpc) is 2.61. The Bertz CT molecular complexity index is 693. The van der Waals surface area contributed by atoms with Gasteiger partial charge in [0, 0.05) is 13.1 Å². The molecule has 24 heavy (non-hydrogen) atoms. The fourth-order valence-corrected chi connectivity index (χ4v) is 3.55. The third kappa shape index (κ3) is 4.11. The molecule has 0 amide bonds. The number of carbonyl (C=O) groups is 2. The lowest BCUT2D eigenvalue weighted by Crippen LogP contribution is -2.40. The van der Waals surface area contributed by atoms with E-state index in [4.69, 9.17) is 9.47 Å². The first-order valence-corrected chi connectivity index (χ1v) is 8.77. The molecular formula is C15H19NO7S. The first kappa shape index (κ1) is 18.4. The van der Waals surface area contributed by atoms with Crippen molar-refractivity contribution in [3.05, 3.63) is 29.8 Å². The third-order valence-electron chi connectivity index (χ3n) is 3.51. The van der Waals surface area contributed by atoms with Gasteiger partial charge in [-0.3, -0.25) is 0 Å². The van der Waals surface area contributed by atoms with Gasteiger partial charge in [-0.2, -0.15) is 4.31 Å². The van der Waals surface area contributed by atoms with Gasteiger partial charge in [-0.15, -0.1) is 0 Å². The van der Waals surface area contributed by atoms with Crippen LogP contribution in [0.2, 0.25) is 0 Å². The maximum Gasteiger partial charge on any atom is 0.346 e. The smallest absolute Gasteiger partial charge is 0.346 e. The van der Waals surface area contributed by atoms with Crippen molar-refractivity contribution in [3.63, 3.8) is 0 Å². The maximum atomic E-state index is 12.5. The number of benzene rings is 1. The van der Waals surface area contributed by atoms with E-state index in [0.717, 1.165) is 0 Å². The minimum atomic E-state index is -3.62. The van der Waals surface area contributed by atoms with Crippen molar-refractivity contribution < 1.29 is 32.2 Å². The molecule has 8 nitrogen and oxygen atoms in total. The van der Waals surface area contributed by atoms with Gasteiger partial charge in [-0.1, -0.05) is 0 Å². The molecule has 1 heterocycles. The van der Waals surface area contributed by atoms with E-state index >= 15 is 0 Å². The lowest BCUT2D eigenvalue weighted by atomic mass is 10.2. The summed E-state index contributed by atoms with van der Waals surface area (Å²) in [5, 5.41) is 0. The van der Waals surface area contributed by atoms with Crippen LogP contribution in [0.3, 0.4) is 0 Å². The molecule has 132 valence electrons. The van der Waals surface area contributed by atoms with Crippen molar-refractivity contribution in [1.82, 2.24) is 4.31 Å². The summed E-state index contributed by atoms with van der Waals surface area (Å²) in [5.74, 6) is -1.40. The summed E-state index contributed by atoms with van der Waals surface area (Å²) in [7, 11) is -2.43. The Morgan fingerprint density at radius 3 is 2.29 bits per heavy atom. The lowest BCUT2D eigenvalue weighted by molar-refractivity contribution is -0.149. The van der Waals surface area contributed by atoms with Gasteiger partial charge in [0.2, 0.25) is 10.0 Å². The number of hydrogen-bond acceptors (Lipinski definition) is 7. The van der Waals surface area contributed by atoms with E-state index in [1.54, 1.807) is 0 Å². The normalized spacial score (nSPS) is 17.1. The number of methoxy groups -OCH3 is 1. The van der Waals surface area contributed by atoms with E-state index in [-0.39, 0.29) is 10.5 Å². The van der Waals surface area contributed by atoms with Crippen molar-refractivity contribution in [1.29, 1.82) is 0 Å². The second-order valence-electron chi connectivity index (χ2n) is 5.11. The van der Waals surface area contributed by atoms with Crippen LogP contribution in [-0.4, -0.2) is 64.2 Å². The predicted molar refractivity (Wildman–Crippen MR) is 82.9 cm³/mol. The van der Waals surface area contributed by atoms with E-state index in [9.17, 15) is 18.0 Å².